The topological polar surface area (TPSA) is 49.8 Å². The summed E-state index contributed by atoms with van der Waals surface area (Å²) in [5.74, 6) is -0.316. The van der Waals surface area contributed by atoms with E-state index in [1.807, 2.05) is 42.5 Å². The van der Waals surface area contributed by atoms with Gasteiger partial charge in [-0.05, 0) is 30.9 Å². The SMILES string of the molecule is CCOC(=O)/C=C/CC[C@H](CO)N(Cc1ccccc1)Cc1ccccc1. The van der Waals surface area contributed by atoms with Crippen molar-refractivity contribution in [2.24, 2.45) is 0 Å². The minimum absolute atomic E-state index is 0.0113. The van der Waals surface area contributed by atoms with Gasteiger partial charge in [0.15, 0.2) is 0 Å². The predicted molar refractivity (Wildman–Crippen MR) is 108 cm³/mol. The molecule has 0 amide bonds. The molecule has 0 aliphatic rings. The van der Waals surface area contributed by atoms with Gasteiger partial charge in [0.1, 0.15) is 0 Å². The Morgan fingerprint density at radius 1 is 1.04 bits per heavy atom. The summed E-state index contributed by atoms with van der Waals surface area (Å²) in [4.78, 5) is 13.7. The molecular formula is C23H29NO3. The van der Waals surface area contributed by atoms with Crippen molar-refractivity contribution in [3.8, 4) is 0 Å². The summed E-state index contributed by atoms with van der Waals surface area (Å²) in [6.45, 7) is 3.78. The van der Waals surface area contributed by atoms with E-state index in [-0.39, 0.29) is 18.6 Å². The normalized spacial score (nSPS) is 12.4. The maximum absolute atomic E-state index is 11.4. The van der Waals surface area contributed by atoms with Gasteiger partial charge < -0.3 is 9.84 Å². The summed E-state index contributed by atoms with van der Waals surface area (Å²) in [7, 11) is 0. The zero-order chi connectivity index (χ0) is 19.3. The first-order valence-corrected chi connectivity index (χ1v) is 9.49. The van der Waals surface area contributed by atoms with Gasteiger partial charge in [0, 0.05) is 25.2 Å². The molecule has 1 N–H and O–H groups in total. The van der Waals surface area contributed by atoms with Gasteiger partial charge in [-0.15, -0.1) is 0 Å². The Labute approximate surface area is 162 Å². The first kappa shape index (κ1) is 20.9. The van der Waals surface area contributed by atoms with Gasteiger partial charge in [-0.3, -0.25) is 4.90 Å². The Kier molecular flexibility index (Phi) is 9.31. The molecular weight excluding hydrogens is 338 g/mol. The molecule has 0 bridgehead atoms. The third kappa shape index (κ3) is 7.77. The summed E-state index contributed by atoms with van der Waals surface area (Å²) in [5.41, 5.74) is 2.43. The molecule has 0 saturated carbocycles. The number of allylic oxidation sites excluding steroid dienone is 1. The molecule has 27 heavy (non-hydrogen) atoms. The van der Waals surface area contributed by atoms with E-state index in [9.17, 15) is 9.90 Å². The molecule has 0 aromatic heterocycles. The Bertz CT molecular complexity index is 644. The number of hydrogen-bond donors (Lipinski definition) is 1. The van der Waals surface area contributed by atoms with Crippen LogP contribution in [0.25, 0.3) is 0 Å². The van der Waals surface area contributed by atoms with Crippen LogP contribution >= 0.6 is 0 Å². The molecule has 4 nitrogen and oxygen atoms in total. The monoisotopic (exact) mass is 367 g/mol. The van der Waals surface area contributed by atoms with E-state index in [1.165, 1.54) is 17.2 Å². The molecule has 0 heterocycles. The van der Waals surface area contributed by atoms with Gasteiger partial charge in [-0.25, -0.2) is 4.79 Å². The van der Waals surface area contributed by atoms with Gasteiger partial charge in [0.2, 0.25) is 0 Å². The largest absolute Gasteiger partial charge is 0.463 e. The first-order valence-electron chi connectivity index (χ1n) is 9.49. The molecule has 0 fully saturated rings. The van der Waals surface area contributed by atoms with Crippen LogP contribution in [0.1, 0.15) is 30.9 Å². The lowest BCUT2D eigenvalue weighted by atomic mass is 10.1. The van der Waals surface area contributed by atoms with Crippen LogP contribution in [-0.2, 0) is 22.6 Å². The number of benzene rings is 2. The van der Waals surface area contributed by atoms with E-state index in [4.69, 9.17) is 4.74 Å². The highest BCUT2D eigenvalue weighted by molar-refractivity contribution is 5.81. The highest BCUT2D eigenvalue weighted by atomic mass is 16.5. The molecule has 0 aliphatic carbocycles. The molecule has 2 aromatic carbocycles. The van der Waals surface area contributed by atoms with Crippen LogP contribution in [0.2, 0.25) is 0 Å². The second-order valence-corrected chi connectivity index (χ2v) is 6.44. The van der Waals surface area contributed by atoms with E-state index < -0.39 is 0 Å². The third-order valence-electron chi connectivity index (χ3n) is 4.39. The Hall–Kier alpha value is -2.43. The molecule has 144 valence electrons. The number of nitrogens with zero attached hydrogens (tertiary/aromatic N) is 1. The van der Waals surface area contributed by atoms with Crippen molar-refractivity contribution in [2.75, 3.05) is 13.2 Å². The molecule has 2 aromatic rings. The summed E-state index contributed by atoms with van der Waals surface area (Å²) in [6, 6.07) is 20.6. The number of carbonyl (C=O) groups excluding carboxylic acids is 1. The number of ether oxygens (including phenoxy) is 1. The van der Waals surface area contributed by atoms with E-state index in [0.717, 1.165) is 19.5 Å². The summed E-state index contributed by atoms with van der Waals surface area (Å²) in [5, 5.41) is 9.99. The number of aliphatic hydroxyl groups is 1. The van der Waals surface area contributed by atoms with E-state index in [1.54, 1.807) is 6.92 Å². The minimum Gasteiger partial charge on any atom is -0.463 e. The molecule has 0 saturated heterocycles. The van der Waals surface area contributed by atoms with Crippen LogP contribution in [0.3, 0.4) is 0 Å². The van der Waals surface area contributed by atoms with Crippen LogP contribution in [0.4, 0.5) is 0 Å². The average Bonchev–Trinajstić information content (AvgIpc) is 2.69. The van der Waals surface area contributed by atoms with Crippen molar-refractivity contribution in [1.82, 2.24) is 4.90 Å². The molecule has 0 aliphatic heterocycles. The third-order valence-corrected chi connectivity index (χ3v) is 4.39. The minimum atomic E-state index is -0.316. The van der Waals surface area contributed by atoms with E-state index in [0.29, 0.717) is 13.0 Å². The summed E-state index contributed by atoms with van der Waals surface area (Å²) in [6.07, 6.45) is 4.77. The molecule has 0 unspecified atom stereocenters. The maximum atomic E-state index is 11.4. The number of hydrogen-bond acceptors (Lipinski definition) is 4. The smallest absolute Gasteiger partial charge is 0.330 e. The fourth-order valence-corrected chi connectivity index (χ4v) is 3.00. The molecule has 4 heteroatoms. The zero-order valence-electron chi connectivity index (χ0n) is 16.0. The lowest BCUT2D eigenvalue weighted by molar-refractivity contribution is -0.137. The average molecular weight is 367 g/mol. The predicted octanol–water partition coefficient (Wildman–Crippen LogP) is 3.95. The molecule has 1 atom stereocenters. The molecule has 0 radical (unpaired) electrons. The van der Waals surface area contributed by atoms with Crippen molar-refractivity contribution >= 4 is 5.97 Å². The van der Waals surface area contributed by atoms with Gasteiger partial charge in [-0.2, -0.15) is 0 Å². The first-order chi connectivity index (χ1) is 13.2. The number of esters is 1. The quantitative estimate of drug-likeness (QED) is 0.483. The van der Waals surface area contributed by atoms with Crippen molar-refractivity contribution < 1.29 is 14.6 Å². The maximum Gasteiger partial charge on any atom is 0.330 e. The number of carbonyl (C=O) groups is 1. The summed E-state index contributed by atoms with van der Waals surface area (Å²) < 4.78 is 4.90. The summed E-state index contributed by atoms with van der Waals surface area (Å²) >= 11 is 0. The van der Waals surface area contributed by atoms with Crippen LogP contribution in [0, 0.1) is 0 Å². The van der Waals surface area contributed by atoms with Crippen molar-refractivity contribution in [2.45, 2.75) is 38.9 Å². The fourth-order valence-electron chi connectivity index (χ4n) is 3.00. The standard InChI is InChI=1S/C23H29NO3/c1-2-27-23(26)16-10-9-15-22(19-25)24(17-20-11-5-3-6-12-20)18-21-13-7-4-8-14-21/h3-8,10-14,16,22,25H,2,9,15,17-19H2,1H3/b16-10+/t22-/m1/s1. The van der Waals surface area contributed by atoms with Gasteiger partial charge >= 0.3 is 5.97 Å². The second kappa shape index (κ2) is 12.0. The molecule has 0 spiro atoms. The van der Waals surface area contributed by atoms with Crippen LogP contribution < -0.4 is 0 Å². The van der Waals surface area contributed by atoms with Gasteiger partial charge in [0.05, 0.1) is 13.2 Å². The lowest BCUT2D eigenvalue weighted by Crippen LogP contribution is -2.37. The van der Waals surface area contributed by atoms with Crippen LogP contribution in [-0.4, -0.2) is 35.2 Å². The van der Waals surface area contributed by atoms with Gasteiger partial charge in [0.25, 0.3) is 0 Å². The number of rotatable bonds is 11. The van der Waals surface area contributed by atoms with Crippen LogP contribution in [0.15, 0.2) is 72.8 Å². The van der Waals surface area contributed by atoms with Crippen molar-refractivity contribution in [3.63, 3.8) is 0 Å². The van der Waals surface area contributed by atoms with Crippen molar-refractivity contribution in [3.05, 3.63) is 83.9 Å². The lowest BCUT2D eigenvalue weighted by Gasteiger charge is -2.30. The zero-order valence-corrected chi connectivity index (χ0v) is 16.0. The second-order valence-electron chi connectivity index (χ2n) is 6.44. The Morgan fingerprint density at radius 3 is 2.07 bits per heavy atom. The Balaban J connectivity index is 2.03. The fraction of sp³-hybridized carbons (Fsp3) is 0.348. The van der Waals surface area contributed by atoms with Crippen molar-refractivity contribution in [1.29, 1.82) is 0 Å². The number of aliphatic hydroxyl groups excluding tert-OH is 1. The van der Waals surface area contributed by atoms with E-state index >= 15 is 0 Å². The highest BCUT2D eigenvalue weighted by Crippen LogP contribution is 2.16. The Morgan fingerprint density at radius 2 is 1.59 bits per heavy atom. The van der Waals surface area contributed by atoms with E-state index in [2.05, 4.69) is 29.2 Å². The van der Waals surface area contributed by atoms with Crippen LogP contribution in [0.5, 0.6) is 0 Å². The molecule has 2 rings (SSSR count). The van der Waals surface area contributed by atoms with Gasteiger partial charge in [-0.1, -0.05) is 66.7 Å². The highest BCUT2D eigenvalue weighted by Gasteiger charge is 2.18.